The lowest BCUT2D eigenvalue weighted by Gasteiger charge is -2.38. The Bertz CT molecular complexity index is 909. The number of anilines is 1. The topological polar surface area (TPSA) is 52.5 Å². The number of likely N-dealkylation sites (tertiary alicyclic amines) is 1. The third kappa shape index (κ3) is 5.25. The Morgan fingerprint density at radius 2 is 2.17 bits per heavy atom. The van der Waals surface area contributed by atoms with Crippen molar-refractivity contribution in [3.63, 3.8) is 0 Å². The predicted octanol–water partition coefficient (Wildman–Crippen LogP) is 4.37. The fourth-order valence-corrected chi connectivity index (χ4v) is 4.28. The van der Waals surface area contributed by atoms with Crippen molar-refractivity contribution in [2.45, 2.75) is 32.9 Å². The monoisotopic (exact) mass is 407 g/mol. The molecule has 1 saturated heterocycles. The minimum Gasteiger partial charge on any atom is -0.363 e. The number of aliphatic imine (C=N–C) groups is 1. The van der Waals surface area contributed by atoms with E-state index in [4.69, 9.17) is 4.99 Å². The van der Waals surface area contributed by atoms with Gasteiger partial charge in [0.05, 0.1) is 0 Å². The number of hydrogen-bond acceptors (Lipinski definition) is 5. The minimum atomic E-state index is -0.265. The molecule has 30 heavy (non-hydrogen) atoms. The summed E-state index contributed by atoms with van der Waals surface area (Å²) < 4.78 is 13.7. The van der Waals surface area contributed by atoms with Gasteiger partial charge >= 0.3 is 0 Å². The molecule has 158 valence electrons. The second kappa shape index (κ2) is 9.39. The Morgan fingerprint density at radius 3 is 2.93 bits per heavy atom. The van der Waals surface area contributed by atoms with Crippen LogP contribution >= 0.6 is 0 Å². The van der Waals surface area contributed by atoms with E-state index in [1.54, 1.807) is 12.3 Å². The van der Waals surface area contributed by atoms with Crippen LogP contribution in [-0.2, 0) is 0 Å². The molecular weight excluding hydrogens is 377 g/mol. The van der Waals surface area contributed by atoms with Crippen LogP contribution in [0.3, 0.4) is 0 Å². The zero-order valence-corrected chi connectivity index (χ0v) is 17.7. The van der Waals surface area contributed by atoms with Gasteiger partial charge in [0.2, 0.25) is 0 Å². The lowest BCUT2D eigenvalue weighted by molar-refractivity contribution is 0.140. The lowest BCUT2D eigenvalue weighted by Crippen LogP contribution is -2.47. The van der Waals surface area contributed by atoms with Crippen molar-refractivity contribution in [2.75, 3.05) is 25.0 Å². The summed E-state index contributed by atoms with van der Waals surface area (Å²) in [6, 6.07) is 10.5. The van der Waals surface area contributed by atoms with Gasteiger partial charge in [0.1, 0.15) is 17.8 Å². The number of nitrogens with one attached hydrogen (secondary N) is 2. The molecule has 0 spiro atoms. The smallest absolute Gasteiger partial charge is 0.129 e. The standard InChI is InChI=1S/C24H30FN5/c1-17(2)15-30-11-5-7-19(16-30)24-28-22(18-6-4-10-26-14-18)13-23(29-24)27-21-9-3-8-20(25)12-21/h3-4,6,8-10,12-14,17,19,24,28H,5,7,11,15-16H2,1-2H3,(H,27,29). The van der Waals surface area contributed by atoms with Crippen molar-refractivity contribution in [1.82, 2.24) is 15.2 Å². The number of amidine groups is 1. The average molecular weight is 408 g/mol. The number of rotatable bonds is 5. The molecule has 0 radical (unpaired) electrons. The first kappa shape index (κ1) is 20.5. The summed E-state index contributed by atoms with van der Waals surface area (Å²) >= 11 is 0. The normalized spacial score (nSPS) is 22.3. The molecule has 6 heteroatoms. The molecule has 2 aromatic rings. The predicted molar refractivity (Wildman–Crippen MR) is 121 cm³/mol. The number of nitrogens with zero attached hydrogens (tertiary/aromatic N) is 3. The molecule has 2 aliphatic heterocycles. The van der Waals surface area contributed by atoms with Gasteiger partial charge in [0.15, 0.2) is 0 Å². The Balaban J connectivity index is 1.58. The fraction of sp³-hybridized carbons (Fsp3) is 0.417. The van der Waals surface area contributed by atoms with E-state index < -0.39 is 0 Å². The van der Waals surface area contributed by atoms with Gasteiger partial charge in [-0.25, -0.2) is 9.38 Å². The minimum absolute atomic E-state index is 0.0313. The zero-order chi connectivity index (χ0) is 20.9. The Hall–Kier alpha value is -2.73. The van der Waals surface area contributed by atoms with Crippen LogP contribution in [0, 0.1) is 17.7 Å². The van der Waals surface area contributed by atoms with Gasteiger partial charge < -0.3 is 15.5 Å². The molecule has 1 aromatic carbocycles. The first-order valence-electron chi connectivity index (χ1n) is 10.8. The average Bonchev–Trinajstić information content (AvgIpc) is 2.74. The van der Waals surface area contributed by atoms with E-state index >= 15 is 0 Å². The number of halogens is 1. The van der Waals surface area contributed by atoms with Crippen LogP contribution in [0.25, 0.3) is 5.70 Å². The van der Waals surface area contributed by atoms with Crippen LogP contribution in [0.15, 0.2) is 59.9 Å². The molecule has 0 bridgehead atoms. The second-order valence-corrected chi connectivity index (χ2v) is 8.59. The molecule has 2 N–H and O–H groups in total. The van der Waals surface area contributed by atoms with Gasteiger partial charge in [0, 0.05) is 54.4 Å². The molecule has 1 fully saturated rings. The van der Waals surface area contributed by atoms with Crippen LogP contribution in [0.5, 0.6) is 0 Å². The van der Waals surface area contributed by atoms with Gasteiger partial charge in [-0.15, -0.1) is 0 Å². The summed E-state index contributed by atoms with van der Waals surface area (Å²) in [6.45, 7) is 7.85. The van der Waals surface area contributed by atoms with E-state index in [1.807, 2.05) is 30.5 Å². The highest BCUT2D eigenvalue weighted by Gasteiger charge is 2.30. The van der Waals surface area contributed by atoms with Gasteiger partial charge in [-0.3, -0.25) is 4.98 Å². The second-order valence-electron chi connectivity index (χ2n) is 8.59. The van der Waals surface area contributed by atoms with Crippen LogP contribution in [0.4, 0.5) is 10.1 Å². The van der Waals surface area contributed by atoms with Crippen molar-refractivity contribution in [3.05, 3.63) is 66.2 Å². The summed E-state index contributed by atoms with van der Waals surface area (Å²) in [5.41, 5.74) is 2.70. The van der Waals surface area contributed by atoms with Crippen LogP contribution in [0.2, 0.25) is 0 Å². The molecule has 4 rings (SSSR count). The zero-order valence-electron chi connectivity index (χ0n) is 17.7. The maximum Gasteiger partial charge on any atom is 0.129 e. The summed E-state index contributed by atoms with van der Waals surface area (Å²) in [4.78, 5) is 11.8. The highest BCUT2D eigenvalue weighted by molar-refractivity contribution is 6.08. The first-order chi connectivity index (χ1) is 14.6. The number of pyridine rings is 1. The fourth-order valence-electron chi connectivity index (χ4n) is 4.28. The van der Waals surface area contributed by atoms with Gasteiger partial charge in [-0.1, -0.05) is 19.9 Å². The summed E-state index contributed by atoms with van der Waals surface area (Å²) in [5, 5.41) is 6.93. The van der Waals surface area contributed by atoms with E-state index in [1.165, 1.54) is 18.6 Å². The van der Waals surface area contributed by atoms with Crippen molar-refractivity contribution < 1.29 is 4.39 Å². The van der Waals surface area contributed by atoms with E-state index in [2.05, 4.69) is 34.4 Å². The van der Waals surface area contributed by atoms with Crippen molar-refractivity contribution in [1.29, 1.82) is 0 Å². The quantitative estimate of drug-likeness (QED) is 0.773. The van der Waals surface area contributed by atoms with Crippen molar-refractivity contribution in [2.24, 2.45) is 16.8 Å². The van der Waals surface area contributed by atoms with Crippen molar-refractivity contribution in [3.8, 4) is 0 Å². The highest BCUT2D eigenvalue weighted by atomic mass is 19.1. The van der Waals surface area contributed by atoms with Gasteiger partial charge in [0.25, 0.3) is 0 Å². The van der Waals surface area contributed by atoms with E-state index in [0.29, 0.717) is 17.5 Å². The summed E-state index contributed by atoms with van der Waals surface area (Å²) in [6.07, 6.45) is 7.90. The van der Waals surface area contributed by atoms with E-state index in [0.717, 1.165) is 43.2 Å². The molecule has 3 heterocycles. The number of aromatic nitrogens is 1. The summed E-state index contributed by atoms with van der Waals surface area (Å²) in [5.74, 6) is 1.55. The third-order valence-corrected chi connectivity index (χ3v) is 5.54. The lowest BCUT2D eigenvalue weighted by atomic mass is 9.93. The Kier molecular flexibility index (Phi) is 6.43. The van der Waals surface area contributed by atoms with Crippen LogP contribution in [-0.4, -0.2) is 41.5 Å². The molecule has 5 nitrogen and oxygen atoms in total. The first-order valence-corrected chi connectivity index (χ1v) is 10.8. The highest BCUT2D eigenvalue weighted by Crippen LogP contribution is 2.26. The molecule has 0 amide bonds. The molecule has 2 aliphatic rings. The number of piperidine rings is 1. The molecule has 2 unspecified atom stereocenters. The largest absolute Gasteiger partial charge is 0.363 e. The van der Waals surface area contributed by atoms with Crippen molar-refractivity contribution >= 4 is 17.2 Å². The maximum absolute atomic E-state index is 13.7. The van der Waals surface area contributed by atoms with Crippen LogP contribution in [0.1, 0.15) is 32.3 Å². The molecule has 0 saturated carbocycles. The third-order valence-electron chi connectivity index (χ3n) is 5.54. The SMILES string of the molecule is CC(C)CN1CCCC(C2N=C(Nc3cccc(F)c3)C=C(c3cccnc3)N2)C1. The van der Waals surface area contributed by atoms with Gasteiger partial charge in [-0.2, -0.15) is 0 Å². The molecule has 1 aromatic heterocycles. The maximum atomic E-state index is 13.7. The molecule has 2 atom stereocenters. The van der Waals surface area contributed by atoms with E-state index in [-0.39, 0.29) is 12.0 Å². The van der Waals surface area contributed by atoms with E-state index in [9.17, 15) is 4.39 Å². The molecular formula is C24H30FN5. The Labute approximate surface area is 178 Å². The van der Waals surface area contributed by atoms with Crippen LogP contribution < -0.4 is 10.6 Å². The molecule has 0 aliphatic carbocycles. The number of hydrogen-bond donors (Lipinski definition) is 2. The number of benzene rings is 1. The Morgan fingerprint density at radius 1 is 1.27 bits per heavy atom. The van der Waals surface area contributed by atoms with Gasteiger partial charge in [-0.05, 0) is 55.6 Å². The summed E-state index contributed by atoms with van der Waals surface area (Å²) in [7, 11) is 0.